The first kappa shape index (κ1) is 21.5. The van der Waals surface area contributed by atoms with E-state index < -0.39 is 15.8 Å². The van der Waals surface area contributed by atoms with Gasteiger partial charge < -0.3 is 9.73 Å². The van der Waals surface area contributed by atoms with Crippen molar-refractivity contribution >= 4 is 21.6 Å². The molecule has 0 bridgehead atoms. The zero-order valence-corrected chi connectivity index (χ0v) is 17.3. The molecule has 0 aliphatic carbocycles. The van der Waals surface area contributed by atoms with Crippen molar-refractivity contribution in [1.29, 1.82) is 0 Å². The average Bonchev–Trinajstić information content (AvgIpc) is 3.24. The van der Waals surface area contributed by atoms with E-state index in [2.05, 4.69) is 10.0 Å². The molecule has 2 aromatic carbocycles. The van der Waals surface area contributed by atoms with Crippen molar-refractivity contribution < 1.29 is 22.0 Å². The van der Waals surface area contributed by atoms with E-state index in [9.17, 15) is 17.6 Å². The van der Waals surface area contributed by atoms with E-state index in [0.29, 0.717) is 12.1 Å². The van der Waals surface area contributed by atoms with Crippen LogP contribution in [0.3, 0.4) is 0 Å². The van der Waals surface area contributed by atoms with Crippen molar-refractivity contribution in [2.75, 3.05) is 25.4 Å². The zero-order chi connectivity index (χ0) is 21.7. The molecular weight excluding hydrogens is 409 g/mol. The molecule has 1 heterocycles. The second-order valence-corrected chi connectivity index (χ2v) is 8.50. The first-order valence-corrected chi connectivity index (χ1v) is 10.6. The highest BCUT2D eigenvalue weighted by atomic mass is 32.2. The van der Waals surface area contributed by atoms with E-state index in [0.717, 1.165) is 11.8 Å². The molecule has 1 amide bonds. The molecule has 0 fully saturated rings. The zero-order valence-electron chi connectivity index (χ0n) is 16.5. The fourth-order valence-corrected chi connectivity index (χ4v) is 3.91. The SMILES string of the molecule is CN(C)[C@@H](CNC(=O)c1ccc(S(=O)(=O)Nc2ccccc2F)cc1)c1ccco1. The first-order chi connectivity index (χ1) is 14.3. The third-order valence-corrected chi connectivity index (χ3v) is 5.88. The summed E-state index contributed by atoms with van der Waals surface area (Å²) in [5.74, 6) is -0.301. The van der Waals surface area contributed by atoms with E-state index in [4.69, 9.17) is 4.42 Å². The van der Waals surface area contributed by atoms with Crippen molar-refractivity contribution in [3.8, 4) is 0 Å². The monoisotopic (exact) mass is 431 g/mol. The number of likely N-dealkylation sites (N-methyl/N-ethyl adjacent to an activating group) is 1. The highest BCUT2D eigenvalue weighted by molar-refractivity contribution is 7.92. The Hall–Kier alpha value is -3.17. The highest BCUT2D eigenvalue weighted by Crippen LogP contribution is 2.20. The Labute approximate surface area is 174 Å². The maximum atomic E-state index is 13.7. The number of sulfonamides is 1. The molecule has 3 aromatic rings. The molecule has 0 unspecified atom stereocenters. The summed E-state index contributed by atoms with van der Waals surface area (Å²) >= 11 is 0. The Morgan fingerprint density at radius 3 is 2.37 bits per heavy atom. The summed E-state index contributed by atoms with van der Waals surface area (Å²) in [5, 5.41) is 2.82. The topological polar surface area (TPSA) is 91.7 Å². The van der Waals surface area contributed by atoms with E-state index in [1.54, 1.807) is 12.3 Å². The van der Waals surface area contributed by atoms with Crippen LogP contribution in [0.15, 0.2) is 76.2 Å². The van der Waals surface area contributed by atoms with E-state index >= 15 is 0 Å². The first-order valence-electron chi connectivity index (χ1n) is 9.13. The lowest BCUT2D eigenvalue weighted by atomic mass is 10.2. The molecule has 1 atom stereocenters. The Bertz CT molecular complexity index is 1100. The maximum Gasteiger partial charge on any atom is 0.261 e. The van der Waals surface area contributed by atoms with Gasteiger partial charge in [-0.1, -0.05) is 12.1 Å². The van der Waals surface area contributed by atoms with E-state index in [1.165, 1.54) is 42.5 Å². The smallest absolute Gasteiger partial charge is 0.261 e. The molecule has 0 spiro atoms. The number of para-hydroxylation sites is 1. The summed E-state index contributed by atoms with van der Waals surface area (Å²) < 4.78 is 46.3. The molecule has 0 saturated carbocycles. The van der Waals surface area contributed by atoms with Gasteiger partial charge in [-0.3, -0.25) is 14.4 Å². The molecule has 158 valence electrons. The quantitative estimate of drug-likeness (QED) is 0.571. The van der Waals surface area contributed by atoms with Crippen LogP contribution in [-0.4, -0.2) is 39.9 Å². The van der Waals surface area contributed by atoms with Gasteiger partial charge in [0.2, 0.25) is 0 Å². The largest absolute Gasteiger partial charge is 0.468 e. The van der Waals surface area contributed by atoms with Crippen LogP contribution in [0.1, 0.15) is 22.2 Å². The van der Waals surface area contributed by atoms with Gasteiger partial charge in [-0.15, -0.1) is 0 Å². The molecule has 1 aromatic heterocycles. The minimum absolute atomic E-state index is 0.0796. The Morgan fingerprint density at radius 1 is 1.07 bits per heavy atom. The van der Waals surface area contributed by atoms with Gasteiger partial charge in [0, 0.05) is 12.1 Å². The lowest BCUT2D eigenvalue weighted by Gasteiger charge is -2.22. The van der Waals surface area contributed by atoms with Crippen molar-refractivity contribution in [2.24, 2.45) is 0 Å². The number of nitrogens with zero attached hydrogens (tertiary/aromatic N) is 1. The molecule has 3 rings (SSSR count). The van der Waals surface area contributed by atoms with Crippen LogP contribution >= 0.6 is 0 Å². The van der Waals surface area contributed by atoms with Crippen LogP contribution < -0.4 is 10.0 Å². The van der Waals surface area contributed by atoms with Gasteiger partial charge >= 0.3 is 0 Å². The van der Waals surface area contributed by atoms with Crippen LogP contribution in [0.4, 0.5) is 10.1 Å². The lowest BCUT2D eigenvalue weighted by Crippen LogP contribution is -2.34. The predicted molar refractivity (Wildman–Crippen MR) is 111 cm³/mol. The summed E-state index contributed by atoms with van der Waals surface area (Å²) in [6.45, 7) is 0.314. The van der Waals surface area contributed by atoms with Gasteiger partial charge in [-0.25, -0.2) is 12.8 Å². The third kappa shape index (κ3) is 5.05. The summed E-state index contributed by atoms with van der Waals surface area (Å²) in [7, 11) is -0.233. The van der Waals surface area contributed by atoms with Crippen molar-refractivity contribution in [1.82, 2.24) is 10.2 Å². The van der Waals surface area contributed by atoms with Gasteiger partial charge in [0.15, 0.2) is 0 Å². The van der Waals surface area contributed by atoms with Crippen LogP contribution in [0.2, 0.25) is 0 Å². The molecule has 0 aliphatic heterocycles. The number of carbonyl (C=O) groups excluding carboxylic acids is 1. The maximum absolute atomic E-state index is 13.7. The van der Waals surface area contributed by atoms with Gasteiger partial charge in [0.05, 0.1) is 22.9 Å². The van der Waals surface area contributed by atoms with Crippen LogP contribution in [0.5, 0.6) is 0 Å². The van der Waals surface area contributed by atoms with E-state index in [1.807, 2.05) is 25.1 Å². The molecule has 9 heteroatoms. The molecule has 30 heavy (non-hydrogen) atoms. The number of benzene rings is 2. The second kappa shape index (κ2) is 9.10. The van der Waals surface area contributed by atoms with Gasteiger partial charge in [-0.2, -0.15) is 0 Å². The summed E-state index contributed by atoms with van der Waals surface area (Å²) in [5.41, 5.74) is 0.156. The molecule has 0 radical (unpaired) electrons. The number of anilines is 1. The number of rotatable bonds is 8. The Morgan fingerprint density at radius 2 is 1.77 bits per heavy atom. The van der Waals surface area contributed by atoms with Gasteiger partial charge in [0.25, 0.3) is 15.9 Å². The van der Waals surface area contributed by atoms with Crippen molar-refractivity contribution in [3.63, 3.8) is 0 Å². The number of carbonyl (C=O) groups is 1. The summed E-state index contributed by atoms with van der Waals surface area (Å²) in [6, 6.07) is 14.4. The number of hydrogen-bond donors (Lipinski definition) is 2. The Kier molecular flexibility index (Phi) is 6.53. The normalized spacial score (nSPS) is 12.5. The molecule has 7 nitrogen and oxygen atoms in total. The Balaban J connectivity index is 1.67. The average molecular weight is 431 g/mol. The molecular formula is C21H22FN3O4S. The lowest BCUT2D eigenvalue weighted by molar-refractivity contribution is 0.0939. The number of halogens is 1. The molecule has 0 aliphatic rings. The fraction of sp³-hybridized carbons (Fsp3) is 0.190. The van der Waals surface area contributed by atoms with Gasteiger partial charge in [-0.05, 0) is 62.6 Å². The van der Waals surface area contributed by atoms with Crippen LogP contribution in [0.25, 0.3) is 0 Å². The minimum atomic E-state index is -3.99. The van der Waals surface area contributed by atoms with Crippen LogP contribution in [-0.2, 0) is 10.0 Å². The van der Waals surface area contributed by atoms with Gasteiger partial charge in [0.1, 0.15) is 11.6 Å². The van der Waals surface area contributed by atoms with Crippen molar-refractivity contribution in [2.45, 2.75) is 10.9 Å². The van der Waals surface area contributed by atoms with E-state index in [-0.39, 0.29) is 22.5 Å². The number of amides is 1. The molecule has 0 saturated heterocycles. The van der Waals surface area contributed by atoms with Crippen molar-refractivity contribution in [3.05, 3.63) is 84.1 Å². The highest BCUT2D eigenvalue weighted by Gasteiger charge is 2.20. The fourth-order valence-electron chi connectivity index (χ4n) is 2.84. The van der Waals surface area contributed by atoms with Crippen LogP contribution in [0, 0.1) is 5.82 Å². The number of nitrogens with one attached hydrogen (secondary N) is 2. The second-order valence-electron chi connectivity index (χ2n) is 6.81. The summed E-state index contributed by atoms with van der Waals surface area (Å²) in [6.07, 6.45) is 1.57. The minimum Gasteiger partial charge on any atom is -0.468 e. The predicted octanol–water partition coefficient (Wildman–Crippen LogP) is 3.25. The number of furan rings is 1. The molecule has 2 N–H and O–H groups in total. The summed E-state index contributed by atoms with van der Waals surface area (Å²) in [4.78, 5) is 14.3. The third-order valence-electron chi connectivity index (χ3n) is 4.50. The standard InChI is InChI=1S/C21H22FN3O4S/c1-25(2)19(20-8-5-13-29-20)14-23-21(26)15-9-11-16(12-10-15)30(27,28)24-18-7-4-3-6-17(18)22/h3-13,19,24H,14H2,1-2H3,(H,23,26)/t19-/m0/s1. The number of hydrogen-bond acceptors (Lipinski definition) is 5.